The van der Waals surface area contributed by atoms with Crippen molar-refractivity contribution in [2.45, 2.75) is 32.4 Å². The second kappa shape index (κ2) is 6.16. The van der Waals surface area contributed by atoms with Crippen molar-refractivity contribution < 1.29 is 4.74 Å². The van der Waals surface area contributed by atoms with Gasteiger partial charge in [-0.15, -0.1) is 0 Å². The third kappa shape index (κ3) is 3.96. The summed E-state index contributed by atoms with van der Waals surface area (Å²) in [4.78, 5) is 6.40. The molecule has 1 N–H and O–H groups in total. The SMILES string of the molecule is CNC(C)c1ccnc(OCC(C)(C)N(C)C)c1. The van der Waals surface area contributed by atoms with Crippen molar-refractivity contribution in [3.8, 4) is 5.88 Å². The maximum atomic E-state index is 5.79. The topological polar surface area (TPSA) is 37.4 Å². The quantitative estimate of drug-likeness (QED) is 0.840. The van der Waals surface area contributed by atoms with E-state index in [2.05, 4.69) is 50.1 Å². The normalized spacial score (nSPS) is 13.7. The van der Waals surface area contributed by atoms with E-state index in [1.807, 2.05) is 19.2 Å². The van der Waals surface area contributed by atoms with Gasteiger partial charge in [0.25, 0.3) is 0 Å². The zero-order valence-electron chi connectivity index (χ0n) is 12.3. The van der Waals surface area contributed by atoms with Crippen LogP contribution in [-0.4, -0.2) is 43.2 Å². The highest BCUT2D eigenvalue weighted by atomic mass is 16.5. The van der Waals surface area contributed by atoms with E-state index >= 15 is 0 Å². The minimum atomic E-state index is -0.00763. The summed E-state index contributed by atoms with van der Waals surface area (Å²) in [6, 6.07) is 4.30. The molecule has 1 aromatic heterocycles. The molecule has 102 valence electrons. The lowest BCUT2D eigenvalue weighted by molar-refractivity contribution is 0.111. The maximum absolute atomic E-state index is 5.79. The van der Waals surface area contributed by atoms with Gasteiger partial charge in [-0.25, -0.2) is 4.98 Å². The Balaban J connectivity index is 2.68. The van der Waals surface area contributed by atoms with Gasteiger partial charge >= 0.3 is 0 Å². The molecule has 0 amide bonds. The van der Waals surface area contributed by atoms with Gasteiger partial charge in [-0.3, -0.25) is 0 Å². The Morgan fingerprint density at radius 3 is 2.67 bits per heavy atom. The Hall–Kier alpha value is -1.13. The van der Waals surface area contributed by atoms with Crippen molar-refractivity contribution >= 4 is 0 Å². The molecule has 0 bridgehead atoms. The average molecular weight is 251 g/mol. The molecule has 4 nitrogen and oxygen atoms in total. The largest absolute Gasteiger partial charge is 0.476 e. The monoisotopic (exact) mass is 251 g/mol. The van der Waals surface area contributed by atoms with Gasteiger partial charge < -0.3 is 15.0 Å². The van der Waals surface area contributed by atoms with Crippen molar-refractivity contribution in [2.24, 2.45) is 0 Å². The van der Waals surface area contributed by atoms with Crippen LogP contribution in [-0.2, 0) is 0 Å². The van der Waals surface area contributed by atoms with E-state index in [-0.39, 0.29) is 5.54 Å². The number of hydrogen-bond donors (Lipinski definition) is 1. The third-order valence-electron chi connectivity index (χ3n) is 3.48. The summed E-state index contributed by atoms with van der Waals surface area (Å²) in [5, 5.41) is 3.21. The van der Waals surface area contributed by atoms with Crippen LogP contribution in [0.3, 0.4) is 0 Å². The van der Waals surface area contributed by atoms with Crippen LogP contribution in [0.1, 0.15) is 32.4 Å². The molecule has 1 heterocycles. The molecule has 0 saturated heterocycles. The fraction of sp³-hybridized carbons (Fsp3) is 0.643. The molecule has 0 radical (unpaired) electrons. The average Bonchev–Trinajstić information content (AvgIpc) is 2.35. The number of rotatable bonds is 6. The van der Waals surface area contributed by atoms with Crippen LogP contribution in [0.2, 0.25) is 0 Å². The Morgan fingerprint density at radius 2 is 2.11 bits per heavy atom. The predicted molar refractivity (Wildman–Crippen MR) is 75.0 cm³/mol. The first-order chi connectivity index (χ1) is 8.36. The van der Waals surface area contributed by atoms with Gasteiger partial charge in [-0.1, -0.05) is 0 Å². The molecule has 0 saturated carbocycles. The standard InChI is InChI=1S/C14H25N3O/c1-11(15-4)12-7-8-16-13(9-12)18-10-14(2,3)17(5)6/h7-9,11,15H,10H2,1-6H3. The van der Waals surface area contributed by atoms with Gasteiger partial charge in [0.1, 0.15) is 6.61 Å². The summed E-state index contributed by atoms with van der Waals surface area (Å²) in [6.07, 6.45) is 1.79. The van der Waals surface area contributed by atoms with Gasteiger partial charge in [-0.05, 0) is 53.5 Å². The maximum Gasteiger partial charge on any atom is 0.213 e. The Bertz CT molecular complexity index is 377. The molecule has 1 unspecified atom stereocenters. The molecular weight excluding hydrogens is 226 g/mol. The Morgan fingerprint density at radius 1 is 1.44 bits per heavy atom. The number of pyridine rings is 1. The molecule has 0 aliphatic rings. The van der Waals surface area contributed by atoms with E-state index in [4.69, 9.17) is 4.74 Å². The molecule has 0 aliphatic carbocycles. The summed E-state index contributed by atoms with van der Waals surface area (Å²) in [6.45, 7) is 7.02. The second-order valence-electron chi connectivity index (χ2n) is 5.43. The summed E-state index contributed by atoms with van der Waals surface area (Å²) in [7, 11) is 6.05. The number of nitrogens with zero attached hydrogens (tertiary/aromatic N) is 2. The number of ether oxygens (including phenoxy) is 1. The molecule has 4 heteroatoms. The highest BCUT2D eigenvalue weighted by Gasteiger charge is 2.21. The highest BCUT2D eigenvalue weighted by Crippen LogP contribution is 2.18. The first kappa shape index (κ1) is 14.9. The van der Waals surface area contributed by atoms with Crippen molar-refractivity contribution in [1.82, 2.24) is 15.2 Å². The number of nitrogens with one attached hydrogen (secondary N) is 1. The second-order valence-corrected chi connectivity index (χ2v) is 5.43. The van der Waals surface area contributed by atoms with Gasteiger partial charge in [0, 0.05) is 23.8 Å². The number of hydrogen-bond acceptors (Lipinski definition) is 4. The lowest BCUT2D eigenvalue weighted by Crippen LogP contribution is -2.43. The van der Waals surface area contributed by atoms with Gasteiger partial charge in [0.15, 0.2) is 0 Å². The predicted octanol–water partition coefficient (Wildman–Crippen LogP) is 2.08. The summed E-state index contributed by atoms with van der Waals surface area (Å²) < 4.78 is 5.79. The van der Waals surface area contributed by atoms with Crippen molar-refractivity contribution in [3.63, 3.8) is 0 Å². The van der Waals surface area contributed by atoms with E-state index in [1.54, 1.807) is 6.20 Å². The van der Waals surface area contributed by atoms with Crippen LogP contribution in [0, 0.1) is 0 Å². The first-order valence-corrected chi connectivity index (χ1v) is 6.30. The van der Waals surface area contributed by atoms with Crippen molar-refractivity contribution in [1.29, 1.82) is 0 Å². The Kier molecular flexibility index (Phi) is 5.11. The summed E-state index contributed by atoms with van der Waals surface area (Å²) in [5.74, 6) is 0.685. The van der Waals surface area contributed by atoms with Gasteiger partial charge in [0.05, 0.1) is 0 Å². The smallest absolute Gasteiger partial charge is 0.213 e. The summed E-state index contributed by atoms with van der Waals surface area (Å²) >= 11 is 0. The van der Waals surface area contributed by atoms with E-state index in [1.165, 1.54) is 5.56 Å². The minimum Gasteiger partial charge on any atom is -0.476 e. The first-order valence-electron chi connectivity index (χ1n) is 6.30. The molecule has 1 atom stereocenters. The molecular formula is C14H25N3O. The van der Waals surface area contributed by atoms with E-state index in [0.29, 0.717) is 18.5 Å². The van der Waals surface area contributed by atoms with Crippen LogP contribution in [0.4, 0.5) is 0 Å². The molecule has 1 aromatic rings. The lowest BCUT2D eigenvalue weighted by atomic mass is 10.1. The molecule has 0 spiro atoms. The zero-order valence-corrected chi connectivity index (χ0v) is 12.3. The van der Waals surface area contributed by atoms with Gasteiger partial charge in [-0.2, -0.15) is 0 Å². The fourth-order valence-electron chi connectivity index (χ4n) is 1.32. The van der Waals surface area contributed by atoms with Crippen molar-refractivity contribution in [3.05, 3.63) is 23.9 Å². The van der Waals surface area contributed by atoms with Crippen LogP contribution < -0.4 is 10.1 Å². The molecule has 0 aromatic carbocycles. The number of likely N-dealkylation sites (N-methyl/N-ethyl adjacent to an activating group) is 1. The van der Waals surface area contributed by atoms with Gasteiger partial charge in [0.2, 0.25) is 5.88 Å². The molecule has 0 fully saturated rings. The Labute approximate surface area is 110 Å². The van der Waals surface area contributed by atoms with E-state index in [0.717, 1.165) is 0 Å². The van der Waals surface area contributed by atoms with E-state index < -0.39 is 0 Å². The van der Waals surface area contributed by atoms with E-state index in [9.17, 15) is 0 Å². The fourth-order valence-corrected chi connectivity index (χ4v) is 1.32. The van der Waals surface area contributed by atoms with Crippen LogP contribution in [0.15, 0.2) is 18.3 Å². The molecule has 0 aliphatic heterocycles. The van der Waals surface area contributed by atoms with Crippen LogP contribution in [0.5, 0.6) is 5.88 Å². The molecule has 1 rings (SSSR count). The van der Waals surface area contributed by atoms with Crippen LogP contribution >= 0.6 is 0 Å². The number of aromatic nitrogens is 1. The third-order valence-corrected chi connectivity index (χ3v) is 3.48. The van der Waals surface area contributed by atoms with Crippen molar-refractivity contribution in [2.75, 3.05) is 27.7 Å². The highest BCUT2D eigenvalue weighted by molar-refractivity contribution is 5.23. The minimum absolute atomic E-state index is 0.00763. The molecule has 18 heavy (non-hydrogen) atoms. The summed E-state index contributed by atoms with van der Waals surface area (Å²) in [5.41, 5.74) is 1.18. The van der Waals surface area contributed by atoms with Crippen LogP contribution in [0.25, 0.3) is 0 Å². The lowest BCUT2D eigenvalue weighted by Gasteiger charge is -2.31. The zero-order chi connectivity index (χ0) is 13.8.